The lowest BCUT2D eigenvalue weighted by atomic mass is 9.98. The third-order valence-corrected chi connectivity index (χ3v) is 7.34. The van der Waals surface area contributed by atoms with E-state index >= 15 is 0 Å². The van der Waals surface area contributed by atoms with Gasteiger partial charge in [-0.3, -0.25) is 14.6 Å². The van der Waals surface area contributed by atoms with Gasteiger partial charge in [0.25, 0.3) is 0 Å². The van der Waals surface area contributed by atoms with Gasteiger partial charge in [-0.25, -0.2) is 4.79 Å². The van der Waals surface area contributed by atoms with Crippen LogP contribution in [0.1, 0.15) is 21.5 Å². The van der Waals surface area contributed by atoms with Gasteiger partial charge in [-0.2, -0.15) is 0 Å². The minimum absolute atomic E-state index is 0.0982. The van der Waals surface area contributed by atoms with E-state index in [4.69, 9.17) is 4.74 Å². The summed E-state index contributed by atoms with van der Waals surface area (Å²) in [6, 6.07) is 31.2. The molecule has 3 aromatic carbocycles. The van der Waals surface area contributed by atoms with Gasteiger partial charge in [-0.1, -0.05) is 103 Å². The maximum absolute atomic E-state index is 13.5. The van der Waals surface area contributed by atoms with Crippen molar-refractivity contribution < 1.29 is 19.1 Å². The molecule has 39 heavy (non-hydrogen) atoms. The largest absolute Gasteiger partial charge is 0.467 e. The number of pyridine rings is 1. The van der Waals surface area contributed by atoms with E-state index in [1.54, 1.807) is 18.3 Å². The maximum Gasteiger partial charge on any atom is 0.328 e. The lowest BCUT2D eigenvalue weighted by Gasteiger charge is -2.21. The summed E-state index contributed by atoms with van der Waals surface area (Å²) >= 11 is 1.11. The summed E-state index contributed by atoms with van der Waals surface area (Å²) in [6.07, 6.45) is 2.45. The maximum atomic E-state index is 13.5. The van der Waals surface area contributed by atoms with E-state index in [2.05, 4.69) is 10.3 Å². The van der Waals surface area contributed by atoms with Crippen LogP contribution in [0.4, 0.5) is 0 Å². The average molecular weight is 539 g/mol. The summed E-state index contributed by atoms with van der Waals surface area (Å²) in [5.41, 5.74) is 4.25. The molecule has 0 saturated carbocycles. The molecular formula is C32H30N2O4S. The molecule has 0 radical (unpaired) electrons. The Bertz CT molecular complexity index is 1360. The van der Waals surface area contributed by atoms with E-state index in [-0.39, 0.29) is 23.2 Å². The number of hydrogen-bond donors (Lipinski definition) is 1. The molecule has 198 valence electrons. The van der Waals surface area contributed by atoms with Gasteiger partial charge in [0.2, 0.25) is 11.0 Å². The van der Waals surface area contributed by atoms with Crippen LogP contribution in [0.3, 0.4) is 0 Å². The Kier molecular flexibility index (Phi) is 10.0. The molecule has 0 aliphatic heterocycles. The predicted octanol–water partition coefficient (Wildman–Crippen LogP) is 5.38. The minimum atomic E-state index is -0.865. The SMILES string of the molecule is COC(=O)C(Cc1ccc(-c2ccccn2)cc1)NC(=O)C(CSC(=O)c1ccccc1)Cc1ccccc1. The zero-order valence-electron chi connectivity index (χ0n) is 21.7. The highest BCUT2D eigenvalue weighted by molar-refractivity contribution is 8.14. The number of methoxy groups -OCH3 is 1. The number of amides is 1. The van der Waals surface area contributed by atoms with E-state index in [1.807, 2.05) is 91.0 Å². The molecule has 0 saturated heterocycles. The number of hydrogen-bond acceptors (Lipinski definition) is 6. The first-order valence-electron chi connectivity index (χ1n) is 12.7. The van der Waals surface area contributed by atoms with Crippen molar-refractivity contribution in [2.45, 2.75) is 18.9 Å². The van der Waals surface area contributed by atoms with Crippen LogP contribution in [0.2, 0.25) is 0 Å². The molecule has 1 heterocycles. The summed E-state index contributed by atoms with van der Waals surface area (Å²) in [6.45, 7) is 0. The highest BCUT2D eigenvalue weighted by atomic mass is 32.2. The lowest BCUT2D eigenvalue weighted by molar-refractivity contribution is -0.145. The van der Waals surface area contributed by atoms with Crippen LogP contribution in [0.5, 0.6) is 0 Å². The standard InChI is InChI=1S/C32H30N2O4S/c1-38-31(36)29(21-24-15-17-25(18-16-24)28-14-8-9-19-33-28)34-30(35)27(20-23-10-4-2-5-11-23)22-39-32(37)26-12-6-3-7-13-26/h2-19,27,29H,20-22H2,1H3,(H,34,35). The third kappa shape index (κ3) is 8.12. The first-order valence-corrected chi connectivity index (χ1v) is 13.7. The molecule has 4 aromatic rings. The van der Waals surface area contributed by atoms with Gasteiger partial charge in [-0.15, -0.1) is 0 Å². The number of carbonyl (C=O) groups is 3. The number of esters is 1. The normalized spacial score (nSPS) is 12.2. The first-order chi connectivity index (χ1) is 19.0. The van der Waals surface area contributed by atoms with E-state index in [0.29, 0.717) is 12.0 Å². The van der Waals surface area contributed by atoms with Crippen LogP contribution in [0.15, 0.2) is 109 Å². The molecule has 0 fully saturated rings. The molecule has 0 aliphatic rings. The smallest absolute Gasteiger partial charge is 0.328 e. The number of ether oxygens (including phenoxy) is 1. The molecular weight excluding hydrogens is 508 g/mol. The van der Waals surface area contributed by atoms with Crippen molar-refractivity contribution in [3.8, 4) is 11.3 Å². The predicted molar refractivity (Wildman–Crippen MR) is 154 cm³/mol. The van der Waals surface area contributed by atoms with E-state index in [0.717, 1.165) is 34.1 Å². The molecule has 0 spiro atoms. The molecule has 6 nitrogen and oxygen atoms in total. The Morgan fingerprint density at radius 3 is 2.08 bits per heavy atom. The van der Waals surface area contributed by atoms with Crippen LogP contribution in [0.25, 0.3) is 11.3 Å². The fraction of sp³-hybridized carbons (Fsp3) is 0.188. The molecule has 1 amide bonds. The fourth-order valence-electron chi connectivity index (χ4n) is 4.17. The lowest BCUT2D eigenvalue weighted by Crippen LogP contribution is -2.46. The Morgan fingerprint density at radius 1 is 0.795 bits per heavy atom. The number of rotatable bonds is 11. The van der Waals surface area contributed by atoms with Gasteiger partial charge >= 0.3 is 5.97 Å². The minimum Gasteiger partial charge on any atom is -0.467 e. The Labute approximate surface area is 232 Å². The Hall–Kier alpha value is -4.23. The van der Waals surface area contributed by atoms with Crippen LogP contribution in [-0.2, 0) is 27.2 Å². The average Bonchev–Trinajstić information content (AvgIpc) is 3.00. The van der Waals surface area contributed by atoms with Crippen LogP contribution in [-0.4, -0.2) is 40.9 Å². The van der Waals surface area contributed by atoms with E-state index in [1.165, 1.54) is 7.11 Å². The highest BCUT2D eigenvalue weighted by Gasteiger charge is 2.27. The topological polar surface area (TPSA) is 85.4 Å². The molecule has 2 unspecified atom stereocenters. The van der Waals surface area contributed by atoms with Crippen molar-refractivity contribution in [3.05, 3.63) is 126 Å². The van der Waals surface area contributed by atoms with Gasteiger partial charge in [0.05, 0.1) is 18.7 Å². The van der Waals surface area contributed by atoms with Gasteiger partial charge in [-0.05, 0) is 29.7 Å². The Morgan fingerprint density at radius 2 is 1.44 bits per heavy atom. The number of nitrogens with one attached hydrogen (secondary N) is 1. The molecule has 0 bridgehead atoms. The summed E-state index contributed by atoms with van der Waals surface area (Å²) in [5, 5.41) is 2.80. The molecule has 1 aromatic heterocycles. The zero-order valence-corrected chi connectivity index (χ0v) is 22.5. The first kappa shape index (κ1) is 27.8. The molecule has 7 heteroatoms. The van der Waals surface area contributed by atoms with Crippen molar-refractivity contribution in [3.63, 3.8) is 0 Å². The molecule has 2 atom stereocenters. The number of aromatic nitrogens is 1. The number of carbonyl (C=O) groups excluding carboxylic acids is 3. The third-order valence-electron chi connectivity index (χ3n) is 6.28. The molecule has 4 rings (SSSR count). The summed E-state index contributed by atoms with van der Waals surface area (Å²) in [7, 11) is 1.31. The van der Waals surface area contributed by atoms with Crippen molar-refractivity contribution >= 4 is 28.8 Å². The highest BCUT2D eigenvalue weighted by Crippen LogP contribution is 2.21. The second kappa shape index (κ2) is 14.1. The van der Waals surface area contributed by atoms with Crippen LogP contribution < -0.4 is 5.32 Å². The summed E-state index contributed by atoms with van der Waals surface area (Å²) < 4.78 is 5.01. The van der Waals surface area contributed by atoms with Crippen LogP contribution in [0, 0.1) is 5.92 Å². The van der Waals surface area contributed by atoms with Crippen molar-refractivity contribution in [1.82, 2.24) is 10.3 Å². The number of benzene rings is 3. The van der Waals surface area contributed by atoms with Crippen LogP contribution >= 0.6 is 11.8 Å². The van der Waals surface area contributed by atoms with E-state index < -0.39 is 17.9 Å². The summed E-state index contributed by atoms with van der Waals surface area (Å²) in [5.74, 6) is -1.07. The second-order valence-corrected chi connectivity index (χ2v) is 10.0. The van der Waals surface area contributed by atoms with Gasteiger partial charge in [0.1, 0.15) is 6.04 Å². The Balaban J connectivity index is 1.47. The molecule has 1 N–H and O–H groups in total. The summed E-state index contributed by atoms with van der Waals surface area (Å²) in [4.78, 5) is 43.3. The van der Waals surface area contributed by atoms with Crippen molar-refractivity contribution in [2.24, 2.45) is 5.92 Å². The second-order valence-electron chi connectivity index (χ2n) is 9.05. The quantitative estimate of drug-likeness (QED) is 0.258. The van der Waals surface area contributed by atoms with Gasteiger partial charge < -0.3 is 10.1 Å². The zero-order chi connectivity index (χ0) is 27.5. The van der Waals surface area contributed by atoms with Crippen molar-refractivity contribution in [2.75, 3.05) is 12.9 Å². The van der Waals surface area contributed by atoms with E-state index in [9.17, 15) is 14.4 Å². The fourth-order valence-corrected chi connectivity index (χ4v) is 5.09. The van der Waals surface area contributed by atoms with Crippen molar-refractivity contribution in [1.29, 1.82) is 0 Å². The molecule has 0 aliphatic carbocycles. The number of thioether (sulfide) groups is 1. The monoisotopic (exact) mass is 538 g/mol. The van der Waals surface area contributed by atoms with Gasteiger partial charge in [0, 0.05) is 29.5 Å². The number of nitrogens with zero attached hydrogens (tertiary/aromatic N) is 1. The van der Waals surface area contributed by atoms with Gasteiger partial charge in [0.15, 0.2) is 0 Å².